The van der Waals surface area contributed by atoms with Crippen molar-refractivity contribution in [3.63, 3.8) is 0 Å². The highest BCUT2D eigenvalue weighted by atomic mass is 32.2. The lowest BCUT2D eigenvalue weighted by Crippen LogP contribution is -2.43. The fourth-order valence-electron chi connectivity index (χ4n) is 1.22. The predicted molar refractivity (Wildman–Crippen MR) is 64.5 cm³/mol. The summed E-state index contributed by atoms with van der Waals surface area (Å²) in [6, 6.07) is 0.389. The smallest absolute Gasteiger partial charge is 0.363 e. The van der Waals surface area contributed by atoms with Crippen LogP contribution < -0.4 is 4.72 Å². The Morgan fingerprint density at radius 1 is 1.60 bits per heavy atom. The molecule has 0 aromatic carbocycles. The van der Waals surface area contributed by atoms with E-state index in [-0.39, 0.29) is 11.5 Å². The first-order valence-electron chi connectivity index (χ1n) is 5.12. The van der Waals surface area contributed by atoms with E-state index in [1.807, 2.05) is 4.72 Å². The number of rotatable bonds is 7. The lowest BCUT2D eigenvalue weighted by atomic mass is 10.3. The Morgan fingerprint density at radius 2 is 2.25 bits per heavy atom. The van der Waals surface area contributed by atoms with E-state index in [4.69, 9.17) is 5.11 Å². The van der Waals surface area contributed by atoms with Crippen LogP contribution in [-0.4, -0.2) is 49.2 Å². The maximum absolute atomic E-state index is 11.9. The third-order valence-electron chi connectivity index (χ3n) is 2.15. The number of methoxy groups -OCH3 is 1. The van der Waals surface area contributed by atoms with Gasteiger partial charge in [-0.05, 0) is 16.0 Å². The summed E-state index contributed by atoms with van der Waals surface area (Å²) in [6.45, 7) is -0.366. The topological polar surface area (TPSA) is 149 Å². The molecule has 1 heterocycles. The lowest BCUT2D eigenvalue weighted by Gasteiger charge is -2.13. The number of carboxylic acids is 1. The number of nitrogens with zero attached hydrogens (tertiary/aromatic N) is 2. The number of aromatic nitrogens is 1. The van der Waals surface area contributed by atoms with Crippen molar-refractivity contribution in [2.24, 2.45) is 0 Å². The molecule has 2 N–H and O–H groups in total. The molecule has 1 rings (SSSR count). The fraction of sp³-hybridized carbons (Fsp3) is 0.333. The van der Waals surface area contributed by atoms with Crippen LogP contribution in [0, 0.1) is 10.1 Å². The van der Waals surface area contributed by atoms with Crippen molar-refractivity contribution in [1.29, 1.82) is 0 Å². The molecule has 10 nitrogen and oxygen atoms in total. The Balaban J connectivity index is 2.98. The Kier molecular flexibility index (Phi) is 5.07. The molecule has 0 fully saturated rings. The van der Waals surface area contributed by atoms with Gasteiger partial charge in [0.15, 0.2) is 6.20 Å². The Hall–Kier alpha value is -2.11. The maximum atomic E-state index is 11.9. The summed E-state index contributed by atoms with van der Waals surface area (Å²) in [5, 5.41) is 19.2. The van der Waals surface area contributed by atoms with Gasteiger partial charge in [-0.3, -0.25) is 4.79 Å². The Morgan fingerprint density at radius 3 is 2.65 bits per heavy atom. The molecule has 1 aromatic rings. The molecule has 0 saturated heterocycles. The maximum Gasteiger partial charge on any atom is 0.363 e. The molecular formula is C9H11N3O7S. The second-order valence-electron chi connectivity index (χ2n) is 3.58. The summed E-state index contributed by atoms with van der Waals surface area (Å²) in [4.78, 5) is 23.4. The molecule has 110 valence electrons. The van der Waals surface area contributed by atoms with Crippen LogP contribution in [0.5, 0.6) is 0 Å². The number of ether oxygens (including phenoxy) is 1. The summed E-state index contributed by atoms with van der Waals surface area (Å²) in [6.07, 6.45) is 0.770. The van der Waals surface area contributed by atoms with Crippen molar-refractivity contribution in [2.45, 2.75) is 10.9 Å². The van der Waals surface area contributed by atoms with E-state index in [1.54, 1.807) is 0 Å². The van der Waals surface area contributed by atoms with Crippen molar-refractivity contribution >= 4 is 21.8 Å². The summed E-state index contributed by atoms with van der Waals surface area (Å²) in [7, 11) is -2.95. The monoisotopic (exact) mass is 305 g/mol. The van der Waals surface area contributed by atoms with Gasteiger partial charge in [-0.1, -0.05) is 0 Å². The van der Waals surface area contributed by atoms with Crippen LogP contribution >= 0.6 is 0 Å². The highest BCUT2D eigenvalue weighted by molar-refractivity contribution is 7.89. The number of hydrogen-bond acceptors (Lipinski definition) is 7. The predicted octanol–water partition coefficient (Wildman–Crippen LogP) is -0.632. The molecule has 1 aromatic heterocycles. The van der Waals surface area contributed by atoms with E-state index in [0.717, 1.165) is 18.3 Å². The molecular weight excluding hydrogens is 294 g/mol. The molecule has 0 aliphatic heterocycles. The number of hydrogen-bond donors (Lipinski definition) is 2. The van der Waals surface area contributed by atoms with E-state index in [9.17, 15) is 23.3 Å². The van der Waals surface area contributed by atoms with Crippen molar-refractivity contribution < 1.29 is 28.0 Å². The molecule has 0 aliphatic carbocycles. The molecule has 0 bridgehead atoms. The van der Waals surface area contributed by atoms with E-state index in [1.165, 1.54) is 7.11 Å². The largest absolute Gasteiger partial charge is 0.480 e. The minimum absolute atomic E-state index is 0.366. The van der Waals surface area contributed by atoms with Gasteiger partial charge in [0.05, 0.1) is 6.61 Å². The average molecular weight is 305 g/mol. The van der Waals surface area contributed by atoms with E-state index in [0.29, 0.717) is 0 Å². The standard InChI is InChI=1S/C9H11N3O7S/c1-19-5-7(9(13)14)11-20(17,18)6-2-3-8(10-4-6)12(15)16/h2-4,7,11H,5H2,1H3,(H,13,14). The number of aliphatic carboxylic acids is 1. The second kappa shape index (κ2) is 6.36. The molecule has 0 spiro atoms. The third kappa shape index (κ3) is 3.94. The van der Waals surface area contributed by atoms with Crippen LogP contribution in [0.1, 0.15) is 0 Å². The molecule has 11 heteroatoms. The van der Waals surface area contributed by atoms with Crippen molar-refractivity contribution in [1.82, 2.24) is 9.71 Å². The summed E-state index contributed by atoms with van der Waals surface area (Å²) in [5.74, 6) is -1.93. The summed E-state index contributed by atoms with van der Waals surface area (Å²) >= 11 is 0. The quantitative estimate of drug-likeness (QED) is 0.499. The zero-order valence-electron chi connectivity index (χ0n) is 10.2. The molecule has 20 heavy (non-hydrogen) atoms. The van der Waals surface area contributed by atoms with Gasteiger partial charge in [-0.25, -0.2) is 8.42 Å². The fourth-order valence-corrected chi connectivity index (χ4v) is 2.34. The van der Waals surface area contributed by atoms with Crippen molar-refractivity contribution in [2.75, 3.05) is 13.7 Å². The Labute approximate surface area is 113 Å². The minimum atomic E-state index is -4.17. The minimum Gasteiger partial charge on any atom is -0.480 e. The number of carboxylic acid groups (broad SMARTS) is 1. The molecule has 0 amide bonds. The van der Waals surface area contributed by atoms with E-state index < -0.39 is 32.8 Å². The van der Waals surface area contributed by atoms with Gasteiger partial charge in [0.25, 0.3) is 0 Å². The summed E-state index contributed by atoms with van der Waals surface area (Å²) < 4.78 is 30.2. The lowest BCUT2D eigenvalue weighted by molar-refractivity contribution is -0.389. The number of nitrogens with one attached hydrogen (secondary N) is 1. The van der Waals surface area contributed by atoms with Gasteiger partial charge < -0.3 is 20.0 Å². The first-order valence-corrected chi connectivity index (χ1v) is 6.60. The second-order valence-corrected chi connectivity index (χ2v) is 5.29. The van der Waals surface area contributed by atoms with Crippen molar-refractivity contribution in [3.05, 3.63) is 28.4 Å². The van der Waals surface area contributed by atoms with Crippen LogP contribution in [0.3, 0.4) is 0 Å². The van der Waals surface area contributed by atoms with Crippen LogP contribution in [0.2, 0.25) is 0 Å². The van der Waals surface area contributed by atoms with Gasteiger partial charge in [0.1, 0.15) is 10.9 Å². The van der Waals surface area contributed by atoms with Crippen LogP contribution in [0.4, 0.5) is 5.82 Å². The molecule has 1 unspecified atom stereocenters. The van der Waals surface area contributed by atoms with Crippen LogP contribution in [-0.2, 0) is 19.6 Å². The van der Waals surface area contributed by atoms with Crippen molar-refractivity contribution in [3.8, 4) is 0 Å². The molecule has 0 saturated carbocycles. The van der Waals surface area contributed by atoms with Crippen LogP contribution in [0.15, 0.2) is 23.2 Å². The molecule has 0 radical (unpaired) electrons. The first-order chi connectivity index (χ1) is 9.27. The zero-order valence-corrected chi connectivity index (χ0v) is 11.0. The SMILES string of the molecule is COCC(NS(=O)(=O)c1ccc([N+](=O)[O-])nc1)C(=O)O. The summed E-state index contributed by atoms with van der Waals surface area (Å²) in [5.41, 5.74) is 0. The first kappa shape index (κ1) is 15.9. The van der Waals surface area contributed by atoms with E-state index >= 15 is 0 Å². The number of nitro groups is 1. The Bertz CT molecular complexity index is 598. The number of sulfonamides is 1. The molecule has 1 atom stereocenters. The van der Waals surface area contributed by atoms with Crippen LogP contribution in [0.25, 0.3) is 0 Å². The average Bonchev–Trinajstić information content (AvgIpc) is 2.38. The number of carbonyl (C=O) groups is 1. The molecule has 0 aliphatic rings. The number of pyridine rings is 1. The van der Waals surface area contributed by atoms with Gasteiger partial charge in [0.2, 0.25) is 10.0 Å². The van der Waals surface area contributed by atoms with E-state index in [2.05, 4.69) is 9.72 Å². The highest BCUT2D eigenvalue weighted by Crippen LogP contribution is 2.12. The normalized spacial score (nSPS) is 12.8. The zero-order chi connectivity index (χ0) is 15.3. The van der Waals surface area contributed by atoms with Gasteiger partial charge in [0, 0.05) is 13.2 Å². The van der Waals surface area contributed by atoms with Gasteiger partial charge >= 0.3 is 11.8 Å². The van der Waals surface area contributed by atoms with Gasteiger partial charge in [-0.15, -0.1) is 0 Å². The van der Waals surface area contributed by atoms with Gasteiger partial charge in [-0.2, -0.15) is 4.72 Å². The third-order valence-corrected chi connectivity index (χ3v) is 3.60. The highest BCUT2D eigenvalue weighted by Gasteiger charge is 2.26.